The molecular formula is C17H24N4O6S2. The normalized spacial score (nSPS) is 12.7. The first-order valence-corrected chi connectivity index (χ1v) is 10.8. The van der Waals surface area contributed by atoms with Gasteiger partial charge in [0.25, 0.3) is 10.0 Å². The summed E-state index contributed by atoms with van der Waals surface area (Å²) in [7, 11) is 0.720. The van der Waals surface area contributed by atoms with Crippen molar-refractivity contribution >= 4 is 38.2 Å². The van der Waals surface area contributed by atoms with E-state index < -0.39 is 28.8 Å². The van der Waals surface area contributed by atoms with Gasteiger partial charge in [-0.15, -0.1) is 0 Å². The van der Waals surface area contributed by atoms with E-state index in [0.29, 0.717) is 17.1 Å². The number of nitrogens with zero attached hydrogens (tertiary/aromatic N) is 3. The number of urea groups is 1. The number of sulfonamides is 1. The van der Waals surface area contributed by atoms with Gasteiger partial charge in [0.15, 0.2) is 9.34 Å². The lowest BCUT2D eigenvalue weighted by Crippen LogP contribution is -2.31. The van der Waals surface area contributed by atoms with Crippen molar-refractivity contribution in [1.29, 1.82) is 0 Å². The molecule has 2 amide bonds. The number of ether oxygens (including phenoxy) is 1. The van der Waals surface area contributed by atoms with Crippen LogP contribution in [0.15, 0.2) is 28.5 Å². The van der Waals surface area contributed by atoms with Crippen LogP contribution < -0.4 is 15.0 Å². The van der Waals surface area contributed by atoms with E-state index in [2.05, 4.69) is 10.3 Å². The number of nitrogens with one attached hydrogen (secondary N) is 1. The van der Waals surface area contributed by atoms with Crippen molar-refractivity contribution in [3.63, 3.8) is 0 Å². The van der Waals surface area contributed by atoms with Crippen molar-refractivity contribution in [2.24, 2.45) is 0 Å². The zero-order chi connectivity index (χ0) is 21.8. The molecular weight excluding hydrogens is 420 g/mol. The van der Waals surface area contributed by atoms with Gasteiger partial charge in [0.1, 0.15) is 18.5 Å². The van der Waals surface area contributed by atoms with Gasteiger partial charge in [-0.2, -0.15) is 0 Å². The van der Waals surface area contributed by atoms with Crippen LogP contribution in [0.25, 0.3) is 0 Å². The Labute approximate surface area is 173 Å². The van der Waals surface area contributed by atoms with Gasteiger partial charge in [-0.05, 0) is 31.2 Å². The fourth-order valence-electron chi connectivity index (χ4n) is 2.09. The van der Waals surface area contributed by atoms with Gasteiger partial charge in [0, 0.05) is 26.8 Å². The molecule has 3 N–H and O–H groups in total. The summed E-state index contributed by atoms with van der Waals surface area (Å²) >= 11 is 0.916. The lowest BCUT2D eigenvalue weighted by molar-refractivity contribution is 0.0536. The number of hydrogen-bond donors (Lipinski definition) is 3. The maximum atomic E-state index is 12.5. The maximum absolute atomic E-state index is 12.5. The number of rotatable bonds is 8. The second kappa shape index (κ2) is 9.50. The molecule has 0 aliphatic rings. The van der Waals surface area contributed by atoms with Crippen LogP contribution in [0.2, 0.25) is 0 Å². The molecule has 2 aromatic rings. The SMILES string of the molecule is Cc1nc(N(C)C(=O)Nc2ccc(OCC(O)CO)cc2)sc1S(=O)(=O)N(C)C. The minimum absolute atomic E-state index is 0.0491. The molecule has 1 unspecified atom stereocenters. The molecule has 0 spiro atoms. The average Bonchev–Trinajstić information content (AvgIpc) is 3.08. The number of benzene rings is 1. The van der Waals surface area contributed by atoms with Crippen molar-refractivity contribution in [3.8, 4) is 5.75 Å². The number of carbonyl (C=O) groups is 1. The molecule has 0 aliphatic heterocycles. The standard InChI is InChI=1S/C17H24N4O6S2/c1-11-15(29(25,26)20(2)3)28-17(18-11)21(4)16(24)19-12-5-7-14(8-6-12)27-10-13(23)9-22/h5-8,13,22-23H,9-10H2,1-4H3,(H,19,24). The highest BCUT2D eigenvalue weighted by molar-refractivity contribution is 7.91. The average molecular weight is 445 g/mol. The maximum Gasteiger partial charge on any atom is 0.327 e. The Morgan fingerprint density at radius 3 is 2.45 bits per heavy atom. The number of hydrogen-bond acceptors (Lipinski definition) is 8. The summed E-state index contributed by atoms with van der Waals surface area (Å²) in [5.41, 5.74) is 0.816. The lowest BCUT2D eigenvalue weighted by atomic mass is 10.3. The van der Waals surface area contributed by atoms with Gasteiger partial charge in [0.05, 0.1) is 12.3 Å². The van der Waals surface area contributed by atoms with Gasteiger partial charge < -0.3 is 20.3 Å². The summed E-state index contributed by atoms with van der Waals surface area (Å²) in [4.78, 5) is 17.9. The molecule has 1 aromatic carbocycles. The van der Waals surface area contributed by atoms with Gasteiger partial charge in [-0.25, -0.2) is 22.5 Å². The number of aliphatic hydroxyl groups excluding tert-OH is 2. The fourth-order valence-corrected chi connectivity index (χ4v) is 4.70. The highest BCUT2D eigenvalue weighted by Crippen LogP contribution is 2.31. The summed E-state index contributed by atoms with van der Waals surface area (Å²) in [6.45, 7) is 1.13. The van der Waals surface area contributed by atoms with Crippen LogP contribution in [0.3, 0.4) is 0 Å². The first kappa shape index (κ1) is 23.0. The van der Waals surface area contributed by atoms with Crippen LogP contribution in [0.4, 0.5) is 15.6 Å². The number of amides is 2. The van der Waals surface area contributed by atoms with E-state index in [1.54, 1.807) is 31.2 Å². The molecule has 0 bridgehead atoms. The van der Waals surface area contributed by atoms with E-state index in [1.165, 1.54) is 26.0 Å². The van der Waals surface area contributed by atoms with Crippen molar-refractivity contribution < 1.29 is 28.2 Å². The van der Waals surface area contributed by atoms with Gasteiger partial charge in [-0.1, -0.05) is 11.3 Å². The van der Waals surface area contributed by atoms with Gasteiger partial charge in [0.2, 0.25) is 0 Å². The second-order valence-corrected chi connectivity index (χ2v) is 9.64. The molecule has 29 heavy (non-hydrogen) atoms. The Bertz CT molecular complexity index is 943. The number of thiazole rings is 1. The molecule has 1 atom stereocenters. The van der Waals surface area contributed by atoms with E-state index in [1.807, 2.05) is 0 Å². The summed E-state index contributed by atoms with van der Waals surface area (Å²) in [5, 5.41) is 21.0. The Hall–Kier alpha value is -2.25. The molecule has 2 rings (SSSR count). The van der Waals surface area contributed by atoms with Crippen molar-refractivity contribution in [1.82, 2.24) is 9.29 Å². The van der Waals surface area contributed by atoms with E-state index in [-0.39, 0.29) is 15.9 Å². The third-order valence-electron chi connectivity index (χ3n) is 3.81. The summed E-state index contributed by atoms with van der Waals surface area (Å²) < 4.78 is 31.1. The zero-order valence-electron chi connectivity index (χ0n) is 16.5. The monoisotopic (exact) mass is 444 g/mol. The Balaban J connectivity index is 2.06. The van der Waals surface area contributed by atoms with E-state index in [4.69, 9.17) is 9.84 Å². The molecule has 160 valence electrons. The van der Waals surface area contributed by atoms with Crippen LogP contribution in [-0.4, -0.2) is 74.4 Å². The number of carbonyl (C=O) groups excluding carboxylic acids is 1. The Kier molecular flexibility index (Phi) is 7.54. The van der Waals surface area contributed by atoms with E-state index in [0.717, 1.165) is 15.6 Å². The third kappa shape index (κ3) is 5.64. The largest absolute Gasteiger partial charge is 0.491 e. The minimum atomic E-state index is -3.64. The molecule has 0 saturated heterocycles. The summed E-state index contributed by atoms with van der Waals surface area (Å²) in [6.07, 6.45) is -0.967. The highest BCUT2D eigenvalue weighted by atomic mass is 32.2. The molecule has 0 aliphatic carbocycles. The quantitative estimate of drug-likeness (QED) is 0.555. The van der Waals surface area contributed by atoms with Crippen LogP contribution in [0, 0.1) is 6.92 Å². The van der Waals surface area contributed by atoms with Crippen LogP contribution in [-0.2, 0) is 10.0 Å². The van der Waals surface area contributed by atoms with Crippen molar-refractivity contribution in [2.45, 2.75) is 17.2 Å². The number of aliphatic hydroxyl groups is 2. The van der Waals surface area contributed by atoms with Crippen LogP contribution in [0.1, 0.15) is 5.69 Å². The molecule has 12 heteroatoms. The minimum Gasteiger partial charge on any atom is -0.491 e. The van der Waals surface area contributed by atoms with Gasteiger partial charge in [-0.3, -0.25) is 4.90 Å². The van der Waals surface area contributed by atoms with Crippen molar-refractivity contribution in [2.75, 3.05) is 44.6 Å². The third-order valence-corrected chi connectivity index (χ3v) is 7.44. The Morgan fingerprint density at radius 2 is 1.90 bits per heavy atom. The van der Waals surface area contributed by atoms with Crippen LogP contribution in [0.5, 0.6) is 5.75 Å². The lowest BCUT2D eigenvalue weighted by Gasteiger charge is -2.15. The topological polar surface area (TPSA) is 132 Å². The van der Waals surface area contributed by atoms with Gasteiger partial charge >= 0.3 is 6.03 Å². The van der Waals surface area contributed by atoms with Crippen molar-refractivity contribution in [3.05, 3.63) is 30.0 Å². The predicted molar refractivity (Wildman–Crippen MR) is 110 cm³/mol. The molecule has 0 saturated carbocycles. The summed E-state index contributed by atoms with van der Waals surface area (Å²) in [5.74, 6) is 0.470. The predicted octanol–water partition coefficient (Wildman–Crippen LogP) is 1.10. The van der Waals surface area contributed by atoms with E-state index >= 15 is 0 Å². The first-order valence-electron chi connectivity index (χ1n) is 8.52. The number of anilines is 2. The number of aryl methyl sites for hydroxylation is 1. The zero-order valence-corrected chi connectivity index (χ0v) is 18.1. The second-order valence-electron chi connectivity index (χ2n) is 6.32. The van der Waals surface area contributed by atoms with E-state index in [9.17, 15) is 18.3 Å². The summed E-state index contributed by atoms with van der Waals surface area (Å²) in [6, 6.07) is 5.95. The molecule has 10 nitrogen and oxygen atoms in total. The first-order chi connectivity index (χ1) is 13.6. The molecule has 1 aromatic heterocycles. The molecule has 0 radical (unpaired) electrons. The fraction of sp³-hybridized carbons (Fsp3) is 0.412. The molecule has 1 heterocycles. The highest BCUT2D eigenvalue weighted by Gasteiger charge is 2.26. The molecule has 0 fully saturated rings. The Morgan fingerprint density at radius 1 is 1.28 bits per heavy atom. The smallest absolute Gasteiger partial charge is 0.327 e. The van der Waals surface area contributed by atoms with Crippen LogP contribution >= 0.6 is 11.3 Å². The number of aromatic nitrogens is 1.